The first-order chi connectivity index (χ1) is 15.0. The predicted molar refractivity (Wildman–Crippen MR) is 123 cm³/mol. The topological polar surface area (TPSA) is 94.8 Å². The van der Waals surface area contributed by atoms with Crippen LogP contribution < -0.4 is 0 Å². The molecule has 3 fully saturated rings. The third-order valence-corrected chi connectivity index (χ3v) is 10.6. The molecule has 3 N–H and O–H groups in total. The van der Waals surface area contributed by atoms with Gasteiger partial charge in [0.05, 0.1) is 18.1 Å². The molecule has 10 atom stereocenters. The Balaban J connectivity index is 1.49. The van der Waals surface area contributed by atoms with Crippen LogP contribution >= 0.6 is 0 Å². The van der Waals surface area contributed by atoms with Crippen LogP contribution in [0.15, 0.2) is 11.6 Å². The Morgan fingerprint density at radius 2 is 1.84 bits per heavy atom. The number of aliphatic hydroxyl groups is 2. The third-order valence-electron chi connectivity index (χ3n) is 10.6. The fourth-order valence-corrected chi connectivity index (χ4v) is 8.55. The van der Waals surface area contributed by atoms with E-state index in [1.54, 1.807) is 6.92 Å². The number of carbonyl (C=O) groups excluding carboxylic acids is 1. The van der Waals surface area contributed by atoms with Gasteiger partial charge in [0.15, 0.2) is 5.78 Å². The average Bonchev–Trinajstić information content (AvgIpc) is 3.09. The van der Waals surface area contributed by atoms with Gasteiger partial charge >= 0.3 is 5.97 Å². The molecule has 0 spiro atoms. The van der Waals surface area contributed by atoms with Crippen LogP contribution in [0.5, 0.6) is 0 Å². The lowest BCUT2D eigenvalue weighted by molar-refractivity contribution is -0.145. The van der Waals surface area contributed by atoms with Crippen LogP contribution in [0.25, 0.3) is 0 Å². The average molecular weight is 447 g/mol. The summed E-state index contributed by atoms with van der Waals surface area (Å²) in [4.78, 5) is 23.2. The van der Waals surface area contributed by atoms with Gasteiger partial charge < -0.3 is 15.3 Å². The highest BCUT2D eigenvalue weighted by Crippen LogP contribution is 2.67. The minimum atomic E-state index is -0.936. The fourth-order valence-electron chi connectivity index (χ4n) is 8.55. The number of carboxylic acids is 1. The van der Waals surface area contributed by atoms with Crippen molar-refractivity contribution in [3.05, 3.63) is 11.6 Å². The molecule has 0 aliphatic heterocycles. The standard InChI is InChI=1S/C27H42O5/c1-15(5-8-22(29)16(2)25(31)32)19-6-7-20-24-21(10-12-27(19,20)4)26(3)11-9-18(28)13-17(26)14-23(24)30/h13,15-16,19-24,29-30H,5-12,14H2,1-4H3,(H,31,32)/t15-,16+,19-,20+,21+,22+,23-,24+,26+,27-/m1/s1. The van der Waals surface area contributed by atoms with Crippen molar-refractivity contribution in [1.29, 1.82) is 0 Å². The van der Waals surface area contributed by atoms with Gasteiger partial charge in [0, 0.05) is 6.42 Å². The van der Waals surface area contributed by atoms with E-state index in [0.717, 1.165) is 38.5 Å². The zero-order chi connectivity index (χ0) is 23.4. The monoisotopic (exact) mass is 446 g/mol. The van der Waals surface area contributed by atoms with Crippen molar-refractivity contribution in [2.45, 2.75) is 97.7 Å². The third kappa shape index (κ3) is 3.77. The molecule has 180 valence electrons. The number of carboxylic acid groups (broad SMARTS) is 1. The highest BCUT2D eigenvalue weighted by Gasteiger charge is 2.61. The van der Waals surface area contributed by atoms with Crippen molar-refractivity contribution in [3.8, 4) is 0 Å². The van der Waals surface area contributed by atoms with Crippen molar-refractivity contribution in [2.75, 3.05) is 0 Å². The number of fused-ring (bicyclic) bond motifs is 5. The molecule has 0 unspecified atom stereocenters. The molecule has 0 heterocycles. The van der Waals surface area contributed by atoms with E-state index in [-0.39, 0.29) is 22.7 Å². The Labute approximate surface area is 192 Å². The molecular weight excluding hydrogens is 404 g/mol. The Hall–Kier alpha value is -1.20. The molecule has 0 bridgehead atoms. The second-order valence-electron chi connectivity index (χ2n) is 12.1. The molecule has 5 heteroatoms. The maximum absolute atomic E-state index is 12.1. The SMILES string of the molecule is C[C@H](CC[C@H](O)[C@H](C)C(=O)O)[C@H]1CC[C@H]2[C@@H]3[C@H](O)CC4=CC(=O)CC[C@]4(C)[C@H]3CC[C@]12C. The van der Waals surface area contributed by atoms with Gasteiger partial charge in [-0.3, -0.25) is 9.59 Å². The Morgan fingerprint density at radius 3 is 2.53 bits per heavy atom. The van der Waals surface area contributed by atoms with Crippen molar-refractivity contribution >= 4 is 11.8 Å². The molecule has 5 nitrogen and oxygen atoms in total. The van der Waals surface area contributed by atoms with Gasteiger partial charge in [-0.15, -0.1) is 0 Å². The van der Waals surface area contributed by atoms with E-state index in [0.29, 0.717) is 48.9 Å². The number of rotatable bonds is 6. The predicted octanol–water partition coefficient (Wildman–Crippen LogP) is 4.60. The first-order valence-electron chi connectivity index (χ1n) is 12.8. The summed E-state index contributed by atoms with van der Waals surface area (Å²) >= 11 is 0. The lowest BCUT2D eigenvalue weighted by atomic mass is 9.45. The van der Waals surface area contributed by atoms with E-state index in [4.69, 9.17) is 0 Å². The van der Waals surface area contributed by atoms with Gasteiger partial charge in [-0.2, -0.15) is 0 Å². The molecule has 0 aromatic carbocycles. The highest BCUT2D eigenvalue weighted by atomic mass is 16.4. The van der Waals surface area contributed by atoms with Gasteiger partial charge in [-0.1, -0.05) is 26.3 Å². The second kappa shape index (κ2) is 8.54. The van der Waals surface area contributed by atoms with Crippen LogP contribution in [-0.2, 0) is 9.59 Å². The molecule has 4 aliphatic rings. The van der Waals surface area contributed by atoms with Gasteiger partial charge in [0.2, 0.25) is 0 Å². The number of aliphatic carboxylic acids is 1. The van der Waals surface area contributed by atoms with E-state index in [2.05, 4.69) is 20.8 Å². The van der Waals surface area contributed by atoms with Crippen molar-refractivity contribution in [1.82, 2.24) is 0 Å². The first kappa shape index (κ1) is 23.9. The number of aliphatic hydroxyl groups excluding tert-OH is 2. The summed E-state index contributed by atoms with van der Waals surface area (Å²) in [5.41, 5.74) is 1.43. The van der Waals surface area contributed by atoms with Crippen LogP contribution in [0, 0.1) is 46.3 Å². The summed E-state index contributed by atoms with van der Waals surface area (Å²) in [6, 6.07) is 0. The number of ketones is 1. The highest BCUT2D eigenvalue weighted by molar-refractivity contribution is 5.91. The molecule has 32 heavy (non-hydrogen) atoms. The van der Waals surface area contributed by atoms with E-state index < -0.39 is 18.0 Å². The normalized spacial score (nSPS) is 44.0. The van der Waals surface area contributed by atoms with Crippen LogP contribution in [-0.4, -0.2) is 39.3 Å². The van der Waals surface area contributed by atoms with E-state index in [9.17, 15) is 24.9 Å². The summed E-state index contributed by atoms with van der Waals surface area (Å²) in [5.74, 6) is 0.790. The van der Waals surface area contributed by atoms with Crippen LogP contribution in [0.4, 0.5) is 0 Å². The van der Waals surface area contributed by atoms with E-state index >= 15 is 0 Å². The Kier molecular flexibility index (Phi) is 6.39. The zero-order valence-corrected chi connectivity index (χ0v) is 20.2. The molecule has 4 aliphatic carbocycles. The van der Waals surface area contributed by atoms with Crippen molar-refractivity contribution < 1.29 is 24.9 Å². The lowest BCUT2D eigenvalue weighted by Crippen LogP contribution is -2.55. The van der Waals surface area contributed by atoms with Gasteiger partial charge in [-0.25, -0.2) is 0 Å². The van der Waals surface area contributed by atoms with Crippen molar-refractivity contribution in [2.24, 2.45) is 46.3 Å². The Morgan fingerprint density at radius 1 is 1.12 bits per heavy atom. The van der Waals surface area contributed by atoms with E-state index in [1.807, 2.05) is 6.08 Å². The molecular formula is C27H42O5. The fraction of sp³-hybridized carbons (Fsp3) is 0.852. The van der Waals surface area contributed by atoms with Gasteiger partial charge in [-0.05, 0) is 105 Å². The van der Waals surface area contributed by atoms with Gasteiger partial charge in [0.25, 0.3) is 0 Å². The number of carbonyl (C=O) groups is 2. The minimum Gasteiger partial charge on any atom is -0.481 e. The van der Waals surface area contributed by atoms with Crippen LogP contribution in [0.2, 0.25) is 0 Å². The molecule has 0 saturated heterocycles. The largest absolute Gasteiger partial charge is 0.481 e. The molecule has 3 saturated carbocycles. The second-order valence-corrected chi connectivity index (χ2v) is 12.1. The van der Waals surface area contributed by atoms with Gasteiger partial charge in [0.1, 0.15) is 0 Å². The lowest BCUT2D eigenvalue weighted by Gasteiger charge is -2.60. The number of hydrogen-bond acceptors (Lipinski definition) is 4. The first-order valence-corrected chi connectivity index (χ1v) is 12.8. The van der Waals surface area contributed by atoms with E-state index in [1.165, 1.54) is 5.57 Å². The molecule has 0 radical (unpaired) electrons. The van der Waals surface area contributed by atoms with Crippen molar-refractivity contribution in [3.63, 3.8) is 0 Å². The summed E-state index contributed by atoms with van der Waals surface area (Å²) in [7, 11) is 0. The van der Waals surface area contributed by atoms with Crippen LogP contribution in [0.3, 0.4) is 0 Å². The van der Waals surface area contributed by atoms with Crippen LogP contribution in [0.1, 0.15) is 85.5 Å². The minimum absolute atomic E-state index is 0.0555. The zero-order valence-electron chi connectivity index (χ0n) is 20.2. The summed E-state index contributed by atoms with van der Waals surface area (Å²) in [6.45, 7) is 8.63. The summed E-state index contributed by atoms with van der Waals surface area (Å²) in [5, 5.41) is 30.7. The maximum atomic E-state index is 12.1. The molecule has 4 rings (SSSR count). The molecule has 0 aromatic heterocycles. The molecule has 0 aromatic rings. The maximum Gasteiger partial charge on any atom is 0.308 e. The Bertz CT molecular complexity index is 789. The quantitative estimate of drug-likeness (QED) is 0.554. The summed E-state index contributed by atoms with van der Waals surface area (Å²) < 4.78 is 0. The summed E-state index contributed by atoms with van der Waals surface area (Å²) in [6.07, 6.45) is 8.84. The molecule has 0 amide bonds. The number of hydrogen-bond donors (Lipinski definition) is 3. The smallest absolute Gasteiger partial charge is 0.308 e.